The molecule has 2 amide bonds. The summed E-state index contributed by atoms with van der Waals surface area (Å²) in [7, 11) is 0. The van der Waals surface area contributed by atoms with Gasteiger partial charge in [0, 0.05) is 17.3 Å². The van der Waals surface area contributed by atoms with Gasteiger partial charge in [0.2, 0.25) is 11.8 Å². The fraction of sp³-hybridized carbons (Fsp3) is 0.125. The minimum Gasteiger partial charge on any atom is -0.350 e. The van der Waals surface area contributed by atoms with E-state index in [1.165, 1.54) is 36.0 Å². The Morgan fingerprint density at radius 1 is 0.970 bits per heavy atom. The zero-order valence-electron chi connectivity index (χ0n) is 17.4. The lowest BCUT2D eigenvalue weighted by Crippen LogP contribution is -2.27. The van der Waals surface area contributed by atoms with Crippen LogP contribution in [-0.2, 0) is 22.7 Å². The highest BCUT2D eigenvalue weighted by molar-refractivity contribution is 7.99. The van der Waals surface area contributed by atoms with Gasteiger partial charge in [0.15, 0.2) is 5.16 Å². The van der Waals surface area contributed by atoms with Gasteiger partial charge >= 0.3 is 0 Å². The molecule has 0 saturated carbocycles. The van der Waals surface area contributed by atoms with Crippen LogP contribution in [0.1, 0.15) is 5.56 Å². The normalized spacial score (nSPS) is 10.8. The van der Waals surface area contributed by atoms with E-state index in [2.05, 4.69) is 15.6 Å². The van der Waals surface area contributed by atoms with Crippen LogP contribution in [0, 0.1) is 5.82 Å². The van der Waals surface area contributed by atoms with Crippen molar-refractivity contribution in [2.75, 3.05) is 11.1 Å². The van der Waals surface area contributed by atoms with Crippen LogP contribution < -0.4 is 10.6 Å². The Labute approximate surface area is 199 Å². The maximum absolute atomic E-state index is 13.0. The van der Waals surface area contributed by atoms with Crippen molar-refractivity contribution < 1.29 is 14.0 Å². The van der Waals surface area contributed by atoms with Crippen LogP contribution in [0.5, 0.6) is 0 Å². The predicted octanol–water partition coefficient (Wildman–Crippen LogP) is 4.88. The standard InChI is InChI=1S/C24H20ClFN4O2S/c25-19-6-2-1-5-16(19)13-27-22(31)14-30-21-8-4-3-7-20(21)29-24(30)33-15-23(32)28-18-11-9-17(26)10-12-18/h1-12H,13-15H2,(H,27,31)(H,28,32). The summed E-state index contributed by atoms with van der Waals surface area (Å²) < 4.78 is 14.8. The monoisotopic (exact) mass is 482 g/mol. The van der Waals surface area contributed by atoms with E-state index < -0.39 is 0 Å². The maximum Gasteiger partial charge on any atom is 0.240 e. The molecule has 6 nitrogen and oxygen atoms in total. The number of hydrogen-bond donors (Lipinski definition) is 2. The second kappa shape index (κ2) is 10.5. The number of benzene rings is 3. The minimum absolute atomic E-state index is 0.0485. The number of fused-ring (bicyclic) bond motifs is 1. The van der Waals surface area contributed by atoms with Crippen molar-refractivity contribution in [3.05, 3.63) is 89.2 Å². The largest absolute Gasteiger partial charge is 0.350 e. The second-order valence-corrected chi connectivity index (χ2v) is 8.53. The fourth-order valence-electron chi connectivity index (χ4n) is 3.21. The number of carbonyl (C=O) groups excluding carboxylic acids is 2. The fourth-order valence-corrected chi connectivity index (χ4v) is 4.23. The van der Waals surface area contributed by atoms with Crippen molar-refractivity contribution in [1.82, 2.24) is 14.9 Å². The average Bonchev–Trinajstić information content (AvgIpc) is 3.16. The predicted molar refractivity (Wildman–Crippen MR) is 129 cm³/mol. The number of carbonyl (C=O) groups is 2. The Bertz CT molecular complexity index is 1290. The van der Waals surface area contributed by atoms with Gasteiger partial charge in [-0.2, -0.15) is 0 Å². The number of para-hydroxylation sites is 2. The highest BCUT2D eigenvalue weighted by Gasteiger charge is 2.16. The summed E-state index contributed by atoms with van der Waals surface area (Å²) >= 11 is 7.39. The van der Waals surface area contributed by atoms with E-state index in [4.69, 9.17) is 11.6 Å². The zero-order valence-corrected chi connectivity index (χ0v) is 19.0. The number of aromatic nitrogens is 2. The Balaban J connectivity index is 1.43. The van der Waals surface area contributed by atoms with E-state index in [0.29, 0.717) is 22.4 Å². The molecule has 0 saturated heterocycles. The van der Waals surface area contributed by atoms with Crippen LogP contribution in [0.25, 0.3) is 11.0 Å². The van der Waals surface area contributed by atoms with E-state index >= 15 is 0 Å². The Morgan fingerprint density at radius 2 is 1.70 bits per heavy atom. The van der Waals surface area contributed by atoms with Gasteiger partial charge in [-0.05, 0) is 48.0 Å². The summed E-state index contributed by atoms with van der Waals surface area (Å²) in [5.74, 6) is -0.741. The Morgan fingerprint density at radius 3 is 2.48 bits per heavy atom. The molecule has 4 aromatic rings. The lowest BCUT2D eigenvalue weighted by Gasteiger charge is -2.11. The SMILES string of the molecule is O=C(Cn1c(SCC(=O)Nc2ccc(F)cc2)nc2ccccc21)NCc1ccccc1Cl. The van der Waals surface area contributed by atoms with Gasteiger partial charge in [0.05, 0.1) is 16.8 Å². The maximum atomic E-state index is 13.0. The van der Waals surface area contributed by atoms with Crippen molar-refractivity contribution in [2.24, 2.45) is 0 Å². The summed E-state index contributed by atoms with van der Waals surface area (Å²) in [6.07, 6.45) is 0. The first-order chi connectivity index (χ1) is 16.0. The van der Waals surface area contributed by atoms with Crippen LogP contribution in [-0.4, -0.2) is 27.1 Å². The number of amides is 2. The molecule has 9 heteroatoms. The molecule has 168 valence electrons. The van der Waals surface area contributed by atoms with Gasteiger partial charge < -0.3 is 15.2 Å². The molecule has 0 fully saturated rings. The molecule has 0 radical (unpaired) electrons. The third-order valence-corrected chi connectivity index (χ3v) is 6.16. The number of halogens is 2. The van der Waals surface area contributed by atoms with Gasteiger partial charge in [0.25, 0.3) is 0 Å². The molecule has 0 unspecified atom stereocenters. The number of rotatable bonds is 8. The van der Waals surface area contributed by atoms with E-state index in [0.717, 1.165) is 16.6 Å². The number of hydrogen-bond acceptors (Lipinski definition) is 4. The summed E-state index contributed by atoms with van der Waals surface area (Å²) in [6, 6.07) is 20.4. The van der Waals surface area contributed by atoms with E-state index in [1.54, 1.807) is 10.6 Å². The van der Waals surface area contributed by atoms with Crippen molar-refractivity contribution >= 4 is 51.9 Å². The van der Waals surface area contributed by atoms with Crippen molar-refractivity contribution in [3.63, 3.8) is 0 Å². The van der Waals surface area contributed by atoms with Crippen LogP contribution in [0.15, 0.2) is 78.0 Å². The third kappa shape index (κ3) is 5.91. The Hall–Kier alpha value is -3.36. The smallest absolute Gasteiger partial charge is 0.240 e. The van der Waals surface area contributed by atoms with E-state index in [9.17, 15) is 14.0 Å². The van der Waals surface area contributed by atoms with E-state index in [1.807, 2.05) is 42.5 Å². The summed E-state index contributed by atoms with van der Waals surface area (Å²) in [4.78, 5) is 29.6. The lowest BCUT2D eigenvalue weighted by molar-refractivity contribution is -0.121. The number of thioether (sulfide) groups is 1. The Kier molecular flexibility index (Phi) is 7.26. The van der Waals surface area contributed by atoms with Crippen molar-refractivity contribution in [3.8, 4) is 0 Å². The van der Waals surface area contributed by atoms with Gasteiger partial charge in [0.1, 0.15) is 12.4 Å². The number of nitrogens with zero attached hydrogens (tertiary/aromatic N) is 2. The van der Waals surface area contributed by atoms with Gasteiger partial charge in [-0.25, -0.2) is 9.37 Å². The topological polar surface area (TPSA) is 76.0 Å². The quantitative estimate of drug-likeness (QED) is 0.351. The molecular weight excluding hydrogens is 463 g/mol. The summed E-state index contributed by atoms with van der Waals surface area (Å²) in [6.45, 7) is 0.362. The molecule has 33 heavy (non-hydrogen) atoms. The number of nitrogens with one attached hydrogen (secondary N) is 2. The third-order valence-electron chi connectivity index (χ3n) is 4.82. The van der Waals surface area contributed by atoms with Crippen LogP contribution in [0.2, 0.25) is 5.02 Å². The summed E-state index contributed by atoms with van der Waals surface area (Å²) in [5.41, 5.74) is 2.87. The van der Waals surface area contributed by atoms with E-state index in [-0.39, 0.29) is 29.9 Å². The molecule has 0 spiro atoms. The molecule has 1 aromatic heterocycles. The molecule has 4 rings (SSSR count). The summed E-state index contributed by atoms with van der Waals surface area (Å²) in [5, 5.41) is 6.75. The van der Waals surface area contributed by atoms with Crippen LogP contribution in [0.4, 0.5) is 10.1 Å². The van der Waals surface area contributed by atoms with Gasteiger partial charge in [-0.3, -0.25) is 9.59 Å². The molecule has 3 aromatic carbocycles. The molecule has 1 heterocycles. The second-order valence-electron chi connectivity index (χ2n) is 7.18. The molecule has 0 bridgehead atoms. The molecular formula is C24H20ClFN4O2S. The first-order valence-electron chi connectivity index (χ1n) is 10.1. The molecule has 0 atom stereocenters. The minimum atomic E-state index is -0.371. The highest BCUT2D eigenvalue weighted by atomic mass is 35.5. The van der Waals surface area contributed by atoms with Gasteiger partial charge in [-0.1, -0.05) is 53.7 Å². The highest BCUT2D eigenvalue weighted by Crippen LogP contribution is 2.24. The first kappa shape index (κ1) is 22.8. The van der Waals surface area contributed by atoms with Crippen LogP contribution >= 0.6 is 23.4 Å². The molecule has 2 N–H and O–H groups in total. The number of anilines is 1. The first-order valence-corrected chi connectivity index (χ1v) is 11.5. The van der Waals surface area contributed by atoms with Gasteiger partial charge in [-0.15, -0.1) is 0 Å². The zero-order chi connectivity index (χ0) is 23.2. The molecule has 0 aliphatic heterocycles. The van der Waals surface area contributed by atoms with Crippen molar-refractivity contribution in [1.29, 1.82) is 0 Å². The average molecular weight is 483 g/mol. The number of imidazole rings is 1. The molecule has 0 aliphatic carbocycles. The van der Waals surface area contributed by atoms with Crippen LogP contribution in [0.3, 0.4) is 0 Å². The lowest BCUT2D eigenvalue weighted by atomic mass is 10.2. The van der Waals surface area contributed by atoms with Crippen molar-refractivity contribution in [2.45, 2.75) is 18.2 Å². The molecule has 0 aliphatic rings.